The summed E-state index contributed by atoms with van der Waals surface area (Å²) in [7, 11) is 0. The number of carbonyl (C=O) groups is 1. The zero-order chi connectivity index (χ0) is 18.4. The van der Waals surface area contributed by atoms with Gasteiger partial charge in [0, 0.05) is 32.0 Å². The molecule has 2 fully saturated rings. The average molecular weight is 364 g/mol. The lowest BCUT2D eigenvalue weighted by Gasteiger charge is -2.21. The van der Waals surface area contributed by atoms with Crippen molar-refractivity contribution in [3.05, 3.63) is 11.7 Å². The molecule has 2 aliphatic rings. The van der Waals surface area contributed by atoms with Gasteiger partial charge in [-0.15, -0.1) is 0 Å². The van der Waals surface area contributed by atoms with Gasteiger partial charge >= 0.3 is 0 Å². The first-order valence-corrected chi connectivity index (χ1v) is 10.4. The highest BCUT2D eigenvalue weighted by Gasteiger charge is 2.33. The minimum absolute atomic E-state index is 0.143. The van der Waals surface area contributed by atoms with Crippen LogP contribution in [0.15, 0.2) is 4.52 Å². The maximum Gasteiger partial charge on any atom is 0.231 e. The molecule has 6 nitrogen and oxygen atoms in total. The average Bonchev–Trinajstić information content (AvgIpc) is 3.40. The highest BCUT2D eigenvalue weighted by atomic mass is 16.5. The van der Waals surface area contributed by atoms with E-state index in [0.717, 1.165) is 44.2 Å². The van der Waals surface area contributed by atoms with Crippen LogP contribution in [-0.4, -0.2) is 47.3 Å². The second-order valence-corrected chi connectivity index (χ2v) is 7.81. The van der Waals surface area contributed by atoms with Crippen molar-refractivity contribution in [2.24, 2.45) is 11.8 Å². The van der Waals surface area contributed by atoms with Gasteiger partial charge in [0.25, 0.3) is 0 Å². The first kappa shape index (κ1) is 19.3. The second-order valence-electron chi connectivity index (χ2n) is 7.81. The molecule has 1 atom stereocenters. The van der Waals surface area contributed by atoms with Crippen molar-refractivity contribution in [2.75, 3.05) is 26.3 Å². The summed E-state index contributed by atoms with van der Waals surface area (Å²) >= 11 is 0. The molecule has 1 aliphatic carbocycles. The fourth-order valence-electron chi connectivity index (χ4n) is 4.18. The van der Waals surface area contributed by atoms with Crippen LogP contribution in [0.5, 0.6) is 0 Å². The molecule has 0 radical (unpaired) electrons. The number of ether oxygens (including phenoxy) is 1. The van der Waals surface area contributed by atoms with Crippen LogP contribution in [0.4, 0.5) is 0 Å². The maximum absolute atomic E-state index is 12.5. The fourth-order valence-corrected chi connectivity index (χ4v) is 4.18. The Bertz CT molecular complexity index is 564. The van der Waals surface area contributed by atoms with Crippen LogP contribution in [0.1, 0.15) is 76.4 Å². The van der Waals surface area contributed by atoms with Crippen LogP contribution < -0.4 is 0 Å². The fraction of sp³-hybridized carbons (Fsp3) is 0.850. The smallest absolute Gasteiger partial charge is 0.231 e. The third-order valence-electron chi connectivity index (χ3n) is 5.97. The van der Waals surface area contributed by atoms with Gasteiger partial charge in [0.2, 0.25) is 11.8 Å². The monoisotopic (exact) mass is 363 g/mol. The molecule has 1 aromatic heterocycles. The second kappa shape index (κ2) is 9.49. The van der Waals surface area contributed by atoms with Crippen molar-refractivity contribution in [1.82, 2.24) is 15.0 Å². The molecular formula is C20H33N3O3. The van der Waals surface area contributed by atoms with Gasteiger partial charge in [0.15, 0.2) is 5.82 Å². The predicted molar refractivity (Wildman–Crippen MR) is 98.8 cm³/mol. The molecule has 1 aromatic rings. The summed E-state index contributed by atoms with van der Waals surface area (Å²) in [4.78, 5) is 19.0. The van der Waals surface area contributed by atoms with Gasteiger partial charge in [-0.3, -0.25) is 4.79 Å². The Morgan fingerprint density at radius 1 is 1.27 bits per heavy atom. The summed E-state index contributed by atoms with van der Waals surface area (Å²) < 4.78 is 11.2. The van der Waals surface area contributed by atoms with E-state index in [-0.39, 0.29) is 17.7 Å². The molecule has 2 heterocycles. The minimum Gasteiger partial charge on any atom is -0.381 e. The first-order chi connectivity index (χ1) is 12.7. The molecule has 1 saturated carbocycles. The van der Waals surface area contributed by atoms with E-state index in [4.69, 9.17) is 9.26 Å². The topological polar surface area (TPSA) is 68.5 Å². The number of aromatic nitrogens is 2. The zero-order valence-corrected chi connectivity index (χ0v) is 16.3. The zero-order valence-electron chi connectivity index (χ0n) is 16.3. The van der Waals surface area contributed by atoms with Crippen LogP contribution in [0.25, 0.3) is 0 Å². The summed E-state index contributed by atoms with van der Waals surface area (Å²) in [5.41, 5.74) is 0. The lowest BCUT2D eigenvalue weighted by molar-refractivity contribution is -0.134. The van der Waals surface area contributed by atoms with Crippen LogP contribution in [0.2, 0.25) is 0 Å². The molecule has 146 valence electrons. The van der Waals surface area contributed by atoms with Crippen LogP contribution >= 0.6 is 0 Å². The standard InChI is InChI=1S/C20H33N3O3/c1-3-16(4-2)20(24)23-11-9-17(13-23)19-21-18(22-26-19)10-12-25-14-15-7-5-6-8-15/h15-17H,3-14H2,1-2H3. The summed E-state index contributed by atoms with van der Waals surface area (Å²) in [6.45, 7) is 7.18. The Morgan fingerprint density at radius 2 is 2.04 bits per heavy atom. The van der Waals surface area contributed by atoms with E-state index >= 15 is 0 Å². The Labute approximate surface area is 156 Å². The van der Waals surface area contributed by atoms with Gasteiger partial charge in [0.1, 0.15) is 0 Å². The molecule has 1 amide bonds. The molecular weight excluding hydrogens is 330 g/mol. The molecule has 0 bridgehead atoms. The predicted octanol–water partition coefficient (Wildman–Crippen LogP) is 3.57. The van der Waals surface area contributed by atoms with Crippen LogP contribution in [0, 0.1) is 11.8 Å². The summed E-state index contributed by atoms with van der Waals surface area (Å²) in [6.07, 6.45) is 8.72. The van der Waals surface area contributed by atoms with E-state index in [2.05, 4.69) is 24.0 Å². The molecule has 0 spiro atoms. The van der Waals surface area contributed by atoms with E-state index in [0.29, 0.717) is 25.5 Å². The third kappa shape index (κ3) is 4.84. The van der Waals surface area contributed by atoms with Gasteiger partial charge in [-0.1, -0.05) is 31.8 Å². The Morgan fingerprint density at radius 3 is 2.77 bits per heavy atom. The van der Waals surface area contributed by atoms with Crippen molar-refractivity contribution in [1.29, 1.82) is 0 Å². The van der Waals surface area contributed by atoms with Crippen molar-refractivity contribution in [3.63, 3.8) is 0 Å². The van der Waals surface area contributed by atoms with Crippen LogP contribution in [-0.2, 0) is 16.0 Å². The van der Waals surface area contributed by atoms with Gasteiger partial charge in [-0.2, -0.15) is 4.98 Å². The van der Waals surface area contributed by atoms with E-state index in [1.807, 2.05) is 4.90 Å². The number of amides is 1. The van der Waals surface area contributed by atoms with Crippen molar-refractivity contribution in [2.45, 2.75) is 71.1 Å². The molecule has 26 heavy (non-hydrogen) atoms. The first-order valence-electron chi connectivity index (χ1n) is 10.4. The largest absolute Gasteiger partial charge is 0.381 e. The quantitative estimate of drug-likeness (QED) is 0.627. The molecule has 6 heteroatoms. The Hall–Kier alpha value is -1.43. The van der Waals surface area contributed by atoms with E-state index < -0.39 is 0 Å². The summed E-state index contributed by atoms with van der Waals surface area (Å²) in [6, 6.07) is 0. The molecule has 1 unspecified atom stereocenters. The number of hydrogen-bond acceptors (Lipinski definition) is 5. The number of nitrogens with zero attached hydrogens (tertiary/aromatic N) is 3. The number of rotatable bonds is 9. The molecule has 1 aliphatic heterocycles. The van der Waals surface area contributed by atoms with Gasteiger partial charge in [-0.05, 0) is 38.0 Å². The highest BCUT2D eigenvalue weighted by molar-refractivity contribution is 5.79. The third-order valence-corrected chi connectivity index (χ3v) is 5.97. The van der Waals surface area contributed by atoms with Crippen LogP contribution in [0.3, 0.4) is 0 Å². The number of hydrogen-bond donors (Lipinski definition) is 0. The van der Waals surface area contributed by atoms with Crippen molar-refractivity contribution < 1.29 is 14.1 Å². The minimum atomic E-state index is 0.143. The van der Waals surface area contributed by atoms with Crippen molar-refractivity contribution >= 4 is 5.91 Å². The van der Waals surface area contributed by atoms with Crippen molar-refractivity contribution in [3.8, 4) is 0 Å². The van der Waals surface area contributed by atoms with E-state index in [1.54, 1.807) is 0 Å². The lowest BCUT2D eigenvalue weighted by atomic mass is 10.0. The van der Waals surface area contributed by atoms with Gasteiger partial charge < -0.3 is 14.2 Å². The molecule has 0 aromatic carbocycles. The van der Waals surface area contributed by atoms with Gasteiger partial charge in [-0.25, -0.2) is 0 Å². The lowest BCUT2D eigenvalue weighted by Crippen LogP contribution is -2.33. The van der Waals surface area contributed by atoms with E-state index in [1.165, 1.54) is 25.7 Å². The van der Waals surface area contributed by atoms with E-state index in [9.17, 15) is 4.79 Å². The molecule has 1 saturated heterocycles. The molecule has 0 N–H and O–H groups in total. The normalized spacial score (nSPS) is 21.2. The SMILES string of the molecule is CCC(CC)C(=O)N1CCC(c2nc(CCOCC3CCCC3)no2)C1. The summed E-state index contributed by atoms with van der Waals surface area (Å²) in [5, 5.41) is 4.10. The maximum atomic E-state index is 12.5. The Balaban J connectivity index is 1.42. The Kier molecular flexibility index (Phi) is 7.06. The summed E-state index contributed by atoms with van der Waals surface area (Å²) in [5.74, 6) is 2.73. The molecule has 3 rings (SSSR count). The number of carbonyl (C=O) groups excluding carboxylic acids is 1. The van der Waals surface area contributed by atoms with Gasteiger partial charge in [0.05, 0.1) is 12.5 Å². The number of likely N-dealkylation sites (tertiary alicyclic amines) is 1. The highest BCUT2D eigenvalue weighted by Crippen LogP contribution is 2.28.